The summed E-state index contributed by atoms with van der Waals surface area (Å²) in [5, 5.41) is 0. The molecule has 2 N–H and O–H groups in total. The molecule has 4 aliphatic rings. The van der Waals surface area contributed by atoms with Crippen LogP contribution >= 0.6 is 0 Å². The number of hydrogen-bond donors (Lipinski definition) is 0. The van der Waals surface area contributed by atoms with Crippen molar-refractivity contribution in [2.75, 3.05) is 42.6 Å². The van der Waals surface area contributed by atoms with Gasteiger partial charge in [-0.05, 0) is 285 Å². The van der Waals surface area contributed by atoms with Gasteiger partial charge < -0.3 is 49.0 Å². The van der Waals surface area contributed by atoms with Crippen molar-refractivity contribution in [2.24, 2.45) is 0 Å². The molecule has 0 bridgehead atoms. The quantitative estimate of drug-likeness (QED) is 0.0413. The zero-order valence-electron chi connectivity index (χ0n) is 76.8. The fourth-order valence-electron chi connectivity index (χ4n) is 16.2. The second-order valence-electron chi connectivity index (χ2n) is 33.9. The molecule has 1 radical (unpaired) electrons. The van der Waals surface area contributed by atoms with E-state index in [4.69, 9.17) is 4.74 Å². The molecule has 4 aliphatic heterocycles. The summed E-state index contributed by atoms with van der Waals surface area (Å²) in [6.45, 7) is 59.9. The predicted molar refractivity (Wildman–Crippen MR) is 503 cm³/mol. The number of anilines is 8. The first-order valence-electron chi connectivity index (χ1n) is 42.4. The maximum Gasteiger partial charge on any atom is 2.00 e. The smallest absolute Gasteiger partial charge is 1.00 e. The van der Waals surface area contributed by atoms with Gasteiger partial charge in [-0.2, -0.15) is 33.9 Å². The molecule has 11 aromatic rings. The number of para-hydroxylation sites is 8. The Hall–Kier alpha value is -9.65. The summed E-state index contributed by atoms with van der Waals surface area (Å²) in [5.74, 6) is 3.35. The van der Waals surface area contributed by atoms with E-state index in [1.807, 2.05) is 0 Å². The number of benzene rings is 10. The summed E-state index contributed by atoms with van der Waals surface area (Å²) in [7, 11) is -7.33. The molecule has 22 heteroatoms. The van der Waals surface area contributed by atoms with Crippen LogP contribution in [0.1, 0.15) is 247 Å². The third-order valence-electron chi connectivity index (χ3n) is 21.4. The standard InChI is InChI=1S/C27H37N2.C26H34N2.2C23H23N2.C4H8O.2BF3.2Cu.2FH.H2O/c1-18(2)22-11-9-12-23(19(3)4)26(22)28-15-16-29(17-28)27-24(20(5)6)13-10-14-25(27)21(7)8;1-8-21-11-9-12-22(18(2)3)25(21)27-15-16-28(17-27)26-23(19(4)5)13-10-14-24(26)20(6)7;2*1-16-9-17(2)12-20(11-16)24-15-25(23-8-6-5-7-22(23)24)21-13-18(3)10-19(4)14-21;1-2-4-5-3-1;2*2-1(3)4;;;;;/h9-21H,1-8H3;8-20H,1-7H3;2*5-15H,1-4H3;1-4H2;;;;;2*1H;1H2/q-1;-2;-1;+1;;;;+1;+2;;;/p-2. The van der Waals surface area contributed by atoms with Crippen LogP contribution in [0.3, 0.4) is 0 Å². The van der Waals surface area contributed by atoms with Crippen molar-refractivity contribution in [1.29, 1.82) is 0 Å². The SMILES string of the molecule is C1CCOC1.CC(C)c1cccc(C(C)C)c1N1C=CN(c2c(C(C)C)cccc2C(C)C)[CH-]1.C[CH-]c1cccc(C(C)C)c1N1C=CN(c2c(C(C)C)cccc2C(C)C)[CH-]1.Cc1cc(C)cc(-n2c[n+](-c3cc(C)cc(C)c3)c3ccccc32)c1.Cc1cc(C)cc(N2[CH-]N(c3cc(C)cc(C)c3)c3ccccc32)c1.FB(F)F.FB(F)F.O.[Cu+2].[Cu+].[F-].[F-]. The first kappa shape index (κ1) is 108. The van der Waals surface area contributed by atoms with Crippen LogP contribution in [-0.2, 0) is 38.9 Å². The second kappa shape index (κ2) is 50.0. The van der Waals surface area contributed by atoms with Gasteiger partial charge in [0.05, 0.1) is 0 Å². The van der Waals surface area contributed by atoms with Crippen LogP contribution in [0.5, 0.6) is 0 Å². The molecular formula is C103H127B2Cu2F8N8O2-2. The van der Waals surface area contributed by atoms with Crippen LogP contribution in [0.25, 0.3) is 22.4 Å². The summed E-state index contributed by atoms with van der Waals surface area (Å²) in [5.41, 5.74) is 36.3. The molecule has 10 aromatic carbocycles. The van der Waals surface area contributed by atoms with Gasteiger partial charge in [0, 0.05) is 53.0 Å². The molecule has 0 amide bonds. The molecule has 0 aliphatic carbocycles. The fourth-order valence-corrected chi connectivity index (χ4v) is 16.2. The molecular weight excluding hydrogens is 1680 g/mol. The van der Waals surface area contributed by atoms with Gasteiger partial charge in [0.15, 0.2) is 11.0 Å². The molecule has 5 heterocycles. The Kier molecular flexibility index (Phi) is 43.1. The van der Waals surface area contributed by atoms with Crippen LogP contribution in [-0.4, -0.2) is 38.3 Å². The molecule has 1 aromatic heterocycles. The van der Waals surface area contributed by atoms with Gasteiger partial charge in [-0.25, -0.2) is 0 Å². The molecule has 1 saturated heterocycles. The molecule has 677 valence electrons. The van der Waals surface area contributed by atoms with E-state index in [1.54, 1.807) is 0 Å². The number of hydrogen-bond acceptors (Lipinski definition) is 7. The van der Waals surface area contributed by atoms with E-state index in [9.17, 15) is 25.9 Å². The van der Waals surface area contributed by atoms with E-state index in [0.29, 0.717) is 41.4 Å². The average Bonchev–Trinajstić information content (AvgIpc) is 1.61. The van der Waals surface area contributed by atoms with Crippen molar-refractivity contribution in [2.45, 2.75) is 214 Å². The van der Waals surface area contributed by atoms with E-state index in [-0.39, 0.29) is 49.0 Å². The van der Waals surface area contributed by atoms with Crippen molar-refractivity contribution in [3.63, 3.8) is 0 Å². The van der Waals surface area contributed by atoms with Gasteiger partial charge in [-0.15, -0.1) is 19.4 Å². The zero-order valence-corrected chi connectivity index (χ0v) is 78.7. The zero-order chi connectivity index (χ0) is 87.5. The van der Waals surface area contributed by atoms with Crippen molar-refractivity contribution in [1.82, 2.24) is 4.57 Å². The maximum atomic E-state index is 9.67. The third-order valence-corrected chi connectivity index (χ3v) is 21.4. The molecule has 0 saturated carbocycles. The van der Waals surface area contributed by atoms with E-state index >= 15 is 0 Å². The van der Waals surface area contributed by atoms with Gasteiger partial charge in [-0.1, -0.05) is 224 Å². The van der Waals surface area contributed by atoms with E-state index < -0.39 is 15.1 Å². The largest absolute Gasteiger partial charge is 2.00 e. The Labute approximate surface area is 763 Å². The Balaban J connectivity index is 0.000000329. The van der Waals surface area contributed by atoms with Crippen LogP contribution in [0.15, 0.2) is 225 Å². The Morgan fingerprint density at radius 3 is 0.928 bits per heavy atom. The van der Waals surface area contributed by atoms with E-state index in [2.05, 4.69) is 449 Å². The normalized spacial score (nSPS) is 12.8. The van der Waals surface area contributed by atoms with Gasteiger partial charge in [0.25, 0.3) is 6.33 Å². The molecule has 125 heavy (non-hydrogen) atoms. The topological polar surface area (TPSA) is 69.0 Å². The molecule has 10 nitrogen and oxygen atoms in total. The van der Waals surface area contributed by atoms with Crippen LogP contribution in [0, 0.1) is 81.8 Å². The Morgan fingerprint density at radius 1 is 0.360 bits per heavy atom. The predicted octanol–water partition coefficient (Wildman–Crippen LogP) is 22.8. The summed E-state index contributed by atoms with van der Waals surface area (Å²) in [4.78, 5) is 13.8. The minimum Gasteiger partial charge on any atom is -1.00 e. The Bertz CT molecular complexity index is 4870. The van der Waals surface area contributed by atoms with Gasteiger partial charge in [0.1, 0.15) is 11.4 Å². The van der Waals surface area contributed by atoms with Gasteiger partial charge in [0.2, 0.25) is 0 Å². The average molecular weight is 1810 g/mol. The second-order valence-corrected chi connectivity index (χ2v) is 33.9. The third kappa shape index (κ3) is 28.4. The molecule has 0 unspecified atom stereocenters. The van der Waals surface area contributed by atoms with Crippen LogP contribution < -0.4 is 43.4 Å². The van der Waals surface area contributed by atoms with Crippen molar-refractivity contribution in [3.8, 4) is 11.4 Å². The molecule has 1 fully saturated rings. The first-order valence-corrected chi connectivity index (χ1v) is 42.4. The monoisotopic (exact) mass is 1810 g/mol. The molecule has 0 atom stereocenters. The number of aromatic nitrogens is 2. The van der Waals surface area contributed by atoms with Crippen LogP contribution in [0.4, 0.5) is 71.4 Å². The first-order chi connectivity index (χ1) is 57.0. The molecule has 15 rings (SSSR count). The van der Waals surface area contributed by atoms with Gasteiger partial charge in [-0.3, -0.25) is 25.9 Å². The van der Waals surface area contributed by atoms with E-state index in [1.165, 1.54) is 170 Å². The number of nitrogens with zero attached hydrogens (tertiary/aromatic N) is 8. The molecule has 0 spiro atoms. The van der Waals surface area contributed by atoms with Crippen molar-refractivity contribution >= 4 is 71.6 Å². The number of ether oxygens (including phenoxy) is 1. The number of halogens is 8. The van der Waals surface area contributed by atoms with E-state index in [0.717, 1.165) is 13.2 Å². The van der Waals surface area contributed by atoms with Crippen molar-refractivity contribution < 1.29 is 84.2 Å². The summed E-state index contributed by atoms with van der Waals surface area (Å²) >= 11 is 0. The minimum absolute atomic E-state index is 0. The van der Waals surface area contributed by atoms with Crippen LogP contribution in [0.2, 0.25) is 0 Å². The number of fused-ring (bicyclic) bond motifs is 2. The fraction of sp³-hybridized carbons (Fsp3) is 0.330. The Morgan fingerprint density at radius 2 is 0.632 bits per heavy atom. The van der Waals surface area contributed by atoms with Gasteiger partial charge >= 0.3 is 49.2 Å². The summed E-state index contributed by atoms with van der Waals surface area (Å²) in [6.07, 6.45) is 15.8. The van der Waals surface area contributed by atoms with Crippen molar-refractivity contribution in [3.05, 3.63) is 341 Å². The number of imidazole rings is 1. The summed E-state index contributed by atoms with van der Waals surface area (Å²) in [6, 6.07) is 70.8. The maximum absolute atomic E-state index is 9.67. The summed E-state index contributed by atoms with van der Waals surface area (Å²) < 4.78 is 67.5. The number of aryl methyl sites for hydroxylation is 8. The number of rotatable bonds is 16. The minimum atomic E-state index is -3.67.